The maximum atomic E-state index is 11.8. The largest absolute Gasteiger partial charge is 0.494 e. The van der Waals surface area contributed by atoms with Crippen LogP contribution in [0.4, 0.5) is 8.78 Å². The summed E-state index contributed by atoms with van der Waals surface area (Å²) in [5.74, 6) is 0.848. The first-order valence-corrected chi connectivity index (χ1v) is 6.01. The van der Waals surface area contributed by atoms with Crippen molar-refractivity contribution in [1.82, 2.24) is 5.32 Å². The molecule has 0 aromatic heterocycles. The van der Waals surface area contributed by atoms with Crippen LogP contribution in [0.15, 0.2) is 24.3 Å². The summed E-state index contributed by atoms with van der Waals surface area (Å²) in [5, 5.41) is 3.12. The van der Waals surface area contributed by atoms with Crippen LogP contribution in [0.3, 0.4) is 0 Å². The average molecular weight is 259 g/mol. The van der Waals surface area contributed by atoms with Crippen molar-refractivity contribution >= 4 is 0 Å². The SMILES string of the molecule is CCOc1ccccc1CNCCOCC(F)F. The summed E-state index contributed by atoms with van der Waals surface area (Å²) in [6, 6.07) is 7.74. The molecule has 0 heterocycles. The Kier molecular flexibility index (Phi) is 7.29. The smallest absolute Gasteiger partial charge is 0.261 e. The normalized spacial score (nSPS) is 10.9. The van der Waals surface area contributed by atoms with Gasteiger partial charge in [0.1, 0.15) is 12.4 Å². The van der Waals surface area contributed by atoms with Crippen molar-refractivity contribution in [2.24, 2.45) is 0 Å². The molecule has 0 aliphatic heterocycles. The first-order chi connectivity index (χ1) is 8.74. The summed E-state index contributed by atoms with van der Waals surface area (Å²) in [6.45, 7) is 3.50. The molecule has 0 bridgehead atoms. The molecular weight excluding hydrogens is 240 g/mol. The minimum Gasteiger partial charge on any atom is -0.494 e. The maximum absolute atomic E-state index is 11.8. The molecule has 1 rings (SSSR count). The summed E-state index contributed by atoms with van der Waals surface area (Å²) >= 11 is 0. The van der Waals surface area contributed by atoms with Gasteiger partial charge in [-0.1, -0.05) is 18.2 Å². The monoisotopic (exact) mass is 259 g/mol. The Labute approximate surface area is 106 Å². The highest BCUT2D eigenvalue weighted by Crippen LogP contribution is 2.17. The van der Waals surface area contributed by atoms with Gasteiger partial charge in [-0.05, 0) is 13.0 Å². The molecule has 0 fully saturated rings. The van der Waals surface area contributed by atoms with Gasteiger partial charge in [-0.3, -0.25) is 0 Å². The third-order valence-electron chi connectivity index (χ3n) is 2.25. The second-order valence-electron chi connectivity index (χ2n) is 3.68. The van der Waals surface area contributed by atoms with Crippen molar-refractivity contribution in [3.05, 3.63) is 29.8 Å². The molecule has 0 saturated heterocycles. The van der Waals surface area contributed by atoms with E-state index in [-0.39, 0.29) is 6.61 Å². The fourth-order valence-corrected chi connectivity index (χ4v) is 1.49. The zero-order chi connectivity index (χ0) is 13.2. The second kappa shape index (κ2) is 8.83. The van der Waals surface area contributed by atoms with E-state index in [0.29, 0.717) is 19.7 Å². The lowest BCUT2D eigenvalue weighted by Crippen LogP contribution is -2.21. The van der Waals surface area contributed by atoms with Crippen molar-refractivity contribution in [2.45, 2.75) is 19.9 Å². The fourth-order valence-electron chi connectivity index (χ4n) is 1.49. The van der Waals surface area contributed by atoms with E-state index >= 15 is 0 Å². The quantitative estimate of drug-likeness (QED) is 0.691. The number of benzene rings is 1. The van der Waals surface area contributed by atoms with Crippen molar-refractivity contribution in [2.75, 3.05) is 26.4 Å². The topological polar surface area (TPSA) is 30.5 Å². The number of nitrogens with one attached hydrogen (secondary N) is 1. The maximum Gasteiger partial charge on any atom is 0.261 e. The minimum absolute atomic E-state index is 0.279. The van der Waals surface area contributed by atoms with Gasteiger partial charge in [0.2, 0.25) is 0 Å². The summed E-state index contributed by atoms with van der Waals surface area (Å²) < 4.78 is 33.8. The molecule has 0 unspecified atom stereocenters. The summed E-state index contributed by atoms with van der Waals surface area (Å²) in [7, 11) is 0. The molecule has 1 aromatic rings. The zero-order valence-electron chi connectivity index (χ0n) is 10.5. The second-order valence-corrected chi connectivity index (χ2v) is 3.68. The molecule has 18 heavy (non-hydrogen) atoms. The van der Waals surface area contributed by atoms with E-state index in [1.807, 2.05) is 31.2 Å². The molecule has 1 N–H and O–H groups in total. The summed E-state index contributed by atoms with van der Waals surface area (Å²) in [5.41, 5.74) is 1.05. The van der Waals surface area contributed by atoms with Gasteiger partial charge in [0.05, 0.1) is 13.2 Å². The van der Waals surface area contributed by atoms with Crippen LogP contribution in [0, 0.1) is 0 Å². The molecule has 0 aliphatic carbocycles. The summed E-state index contributed by atoms with van der Waals surface area (Å²) in [6.07, 6.45) is -2.40. The molecular formula is C13H19F2NO2. The Morgan fingerprint density at radius 2 is 2.06 bits per heavy atom. The highest BCUT2D eigenvalue weighted by Gasteiger charge is 2.03. The molecule has 5 heteroatoms. The molecule has 1 aromatic carbocycles. The van der Waals surface area contributed by atoms with Crippen molar-refractivity contribution in [1.29, 1.82) is 0 Å². The Morgan fingerprint density at radius 1 is 1.28 bits per heavy atom. The number of hydrogen-bond donors (Lipinski definition) is 1. The van der Waals surface area contributed by atoms with E-state index in [4.69, 9.17) is 9.47 Å². The van der Waals surface area contributed by atoms with Gasteiger partial charge in [-0.25, -0.2) is 8.78 Å². The van der Waals surface area contributed by atoms with Gasteiger partial charge in [0.25, 0.3) is 6.43 Å². The van der Waals surface area contributed by atoms with Crippen LogP contribution in [0.5, 0.6) is 5.75 Å². The third kappa shape index (κ3) is 5.93. The molecule has 0 aliphatic rings. The minimum atomic E-state index is -2.40. The van der Waals surface area contributed by atoms with Crippen LogP contribution in [0.1, 0.15) is 12.5 Å². The van der Waals surface area contributed by atoms with Crippen molar-refractivity contribution in [3.8, 4) is 5.75 Å². The number of rotatable bonds is 9. The highest BCUT2D eigenvalue weighted by molar-refractivity contribution is 5.33. The lowest BCUT2D eigenvalue weighted by Gasteiger charge is -2.11. The first-order valence-electron chi connectivity index (χ1n) is 6.01. The van der Waals surface area contributed by atoms with E-state index in [0.717, 1.165) is 11.3 Å². The Morgan fingerprint density at radius 3 is 2.78 bits per heavy atom. The van der Waals surface area contributed by atoms with Crippen LogP contribution >= 0.6 is 0 Å². The van der Waals surface area contributed by atoms with Gasteiger partial charge >= 0.3 is 0 Å². The predicted molar refractivity (Wildman–Crippen MR) is 66.1 cm³/mol. The average Bonchev–Trinajstić information content (AvgIpc) is 2.35. The van der Waals surface area contributed by atoms with E-state index in [9.17, 15) is 8.78 Å². The van der Waals surface area contributed by atoms with Crippen LogP contribution in [0.25, 0.3) is 0 Å². The van der Waals surface area contributed by atoms with Gasteiger partial charge in [-0.15, -0.1) is 0 Å². The molecule has 0 radical (unpaired) electrons. The fraction of sp³-hybridized carbons (Fsp3) is 0.538. The van der Waals surface area contributed by atoms with Crippen LogP contribution in [-0.2, 0) is 11.3 Å². The number of ether oxygens (including phenoxy) is 2. The van der Waals surface area contributed by atoms with Gasteiger partial charge in [0.15, 0.2) is 0 Å². The van der Waals surface area contributed by atoms with Gasteiger partial charge < -0.3 is 14.8 Å². The molecule has 0 atom stereocenters. The number of hydrogen-bond acceptors (Lipinski definition) is 3. The van der Waals surface area contributed by atoms with Crippen LogP contribution < -0.4 is 10.1 Å². The van der Waals surface area contributed by atoms with Crippen molar-refractivity contribution < 1.29 is 18.3 Å². The van der Waals surface area contributed by atoms with E-state index in [2.05, 4.69) is 5.32 Å². The Bertz CT molecular complexity index is 335. The Hall–Kier alpha value is -1.20. The van der Waals surface area contributed by atoms with E-state index in [1.54, 1.807) is 0 Å². The lowest BCUT2D eigenvalue weighted by molar-refractivity contribution is 0.0187. The first kappa shape index (κ1) is 14.9. The standard InChI is InChI=1S/C13H19F2NO2/c1-2-18-12-6-4-3-5-11(12)9-16-7-8-17-10-13(14)15/h3-6,13,16H,2,7-10H2,1H3. The predicted octanol–water partition coefficient (Wildman–Crippen LogP) is 2.46. The molecule has 0 spiro atoms. The molecule has 0 saturated carbocycles. The van der Waals surface area contributed by atoms with E-state index < -0.39 is 13.0 Å². The highest BCUT2D eigenvalue weighted by atomic mass is 19.3. The number of para-hydroxylation sites is 1. The van der Waals surface area contributed by atoms with Gasteiger partial charge in [0, 0.05) is 18.7 Å². The van der Waals surface area contributed by atoms with Crippen LogP contribution in [0.2, 0.25) is 0 Å². The Balaban J connectivity index is 2.22. The lowest BCUT2D eigenvalue weighted by atomic mass is 10.2. The number of halogens is 2. The zero-order valence-corrected chi connectivity index (χ0v) is 10.5. The molecule has 102 valence electrons. The van der Waals surface area contributed by atoms with Crippen molar-refractivity contribution in [3.63, 3.8) is 0 Å². The third-order valence-corrected chi connectivity index (χ3v) is 2.25. The molecule has 3 nitrogen and oxygen atoms in total. The molecule has 0 amide bonds. The van der Waals surface area contributed by atoms with Crippen LogP contribution in [-0.4, -0.2) is 32.8 Å². The van der Waals surface area contributed by atoms with E-state index in [1.165, 1.54) is 0 Å². The summed E-state index contributed by atoms with van der Waals surface area (Å²) in [4.78, 5) is 0. The number of alkyl halides is 2. The van der Waals surface area contributed by atoms with Gasteiger partial charge in [-0.2, -0.15) is 0 Å².